The van der Waals surface area contributed by atoms with Crippen molar-refractivity contribution >= 4 is 41.4 Å². The lowest BCUT2D eigenvalue weighted by atomic mass is 10.2. The highest BCUT2D eigenvalue weighted by molar-refractivity contribution is 7.52. The Kier molecular flexibility index (Phi) is 8.09. The number of hydrogen-bond donors (Lipinski definition) is 3. The predicted molar refractivity (Wildman–Crippen MR) is 142 cm³/mol. The van der Waals surface area contributed by atoms with Gasteiger partial charge in [0.15, 0.2) is 5.82 Å². The molecule has 37 heavy (non-hydrogen) atoms. The van der Waals surface area contributed by atoms with Crippen LogP contribution in [0.5, 0.6) is 5.75 Å². The first-order valence-corrected chi connectivity index (χ1v) is 13.5. The zero-order valence-corrected chi connectivity index (χ0v) is 21.9. The van der Waals surface area contributed by atoms with E-state index in [2.05, 4.69) is 10.1 Å². The molecule has 5 N–H and O–H groups in total. The standard InChI is InChI=1S/C25H31N6O5P/c1-4-34-15-21-29-22-23(19-12-8-9-13-20(19)28-24(22)26)31(21)14-16(2)35-37(33,30-17(3)25(27)32)36-18-10-6-5-7-11-18/h5-13,16-17H,4,14-15H2,1-3H3,(H2,26,28)(H2,27,32)(H,30,33)/t16-,17+,37+/m1/s1. The minimum Gasteiger partial charge on any atom is -0.413 e. The third kappa shape index (κ3) is 6.08. The molecular weight excluding hydrogens is 495 g/mol. The number of para-hydroxylation sites is 2. The van der Waals surface area contributed by atoms with Gasteiger partial charge in [0.05, 0.1) is 29.7 Å². The summed E-state index contributed by atoms with van der Waals surface area (Å²) in [7, 11) is -4.03. The molecule has 12 heteroatoms. The Labute approximate surface area is 214 Å². The molecule has 0 spiro atoms. The molecule has 0 saturated carbocycles. The molecule has 3 atom stereocenters. The van der Waals surface area contributed by atoms with Gasteiger partial charge in [0, 0.05) is 12.0 Å². The summed E-state index contributed by atoms with van der Waals surface area (Å²) in [5, 5.41) is 3.49. The smallest absolute Gasteiger partial charge is 0.413 e. The molecule has 2 aromatic heterocycles. The van der Waals surface area contributed by atoms with E-state index in [1.807, 2.05) is 35.8 Å². The zero-order chi connectivity index (χ0) is 26.6. The number of aromatic nitrogens is 3. The summed E-state index contributed by atoms with van der Waals surface area (Å²) < 4.78 is 33.0. The monoisotopic (exact) mass is 526 g/mol. The van der Waals surface area contributed by atoms with E-state index in [1.165, 1.54) is 6.92 Å². The maximum absolute atomic E-state index is 13.8. The average molecular weight is 527 g/mol. The van der Waals surface area contributed by atoms with Crippen molar-refractivity contribution in [2.45, 2.75) is 46.1 Å². The molecule has 0 bridgehead atoms. The minimum absolute atomic E-state index is 0.237. The maximum Gasteiger partial charge on any atom is 0.459 e. The summed E-state index contributed by atoms with van der Waals surface area (Å²) >= 11 is 0. The third-order valence-corrected chi connectivity index (χ3v) is 7.42. The number of benzene rings is 2. The van der Waals surface area contributed by atoms with Crippen LogP contribution in [0.3, 0.4) is 0 Å². The van der Waals surface area contributed by atoms with Crippen LogP contribution in [-0.2, 0) is 31.8 Å². The lowest BCUT2D eigenvalue weighted by Gasteiger charge is -2.26. The van der Waals surface area contributed by atoms with Gasteiger partial charge in [-0.1, -0.05) is 36.4 Å². The first kappa shape index (κ1) is 26.6. The van der Waals surface area contributed by atoms with Crippen LogP contribution in [-0.4, -0.2) is 39.2 Å². The molecule has 0 aliphatic heterocycles. The molecular formula is C25H31N6O5P. The normalized spacial score (nSPS) is 14.9. The van der Waals surface area contributed by atoms with Crippen LogP contribution in [0, 0.1) is 0 Å². The van der Waals surface area contributed by atoms with E-state index in [1.54, 1.807) is 37.3 Å². The quantitative estimate of drug-likeness (QED) is 0.234. The highest BCUT2D eigenvalue weighted by atomic mass is 31.2. The number of ether oxygens (including phenoxy) is 1. The Bertz CT molecular complexity index is 1440. The highest BCUT2D eigenvalue weighted by Crippen LogP contribution is 2.46. The zero-order valence-electron chi connectivity index (χ0n) is 21.0. The fraction of sp³-hybridized carbons (Fsp3) is 0.320. The van der Waals surface area contributed by atoms with Gasteiger partial charge in [-0.3, -0.25) is 9.32 Å². The number of nitrogen functional groups attached to an aromatic ring is 1. The van der Waals surface area contributed by atoms with Crippen molar-refractivity contribution in [2.75, 3.05) is 12.3 Å². The second-order valence-electron chi connectivity index (χ2n) is 8.56. The number of nitrogens with one attached hydrogen (secondary N) is 1. The number of hydrogen-bond acceptors (Lipinski definition) is 8. The lowest BCUT2D eigenvalue weighted by Crippen LogP contribution is -2.39. The molecule has 11 nitrogen and oxygen atoms in total. The van der Waals surface area contributed by atoms with Gasteiger partial charge < -0.3 is 25.3 Å². The SMILES string of the molecule is CCOCc1nc2c(N)nc3ccccc3c2n1C[C@@H](C)O[P@@](=O)(N[C@@H](C)C(N)=O)Oc1ccccc1. The van der Waals surface area contributed by atoms with Crippen molar-refractivity contribution in [2.24, 2.45) is 5.73 Å². The summed E-state index contributed by atoms with van der Waals surface area (Å²) in [6, 6.07) is 15.2. The Morgan fingerprint density at radius 3 is 2.51 bits per heavy atom. The van der Waals surface area contributed by atoms with E-state index >= 15 is 0 Å². The number of pyridine rings is 1. The van der Waals surface area contributed by atoms with Crippen molar-refractivity contribution in [3.05, 3.63) is 60.4 Å². The van der Waals surface area contributed by atoms with Crippen molar-refractivity contribution in [3.63, 3.8) is 0 Å². The van der Waals surface area contributed by atoms with Crippen molar-refractivity contribution in [1.29, 1.82) is 0 Å². The lowest BCUT2D eigenvalue weighted by molar-refractivity contribution is -0.119. The van der Waals surface area contributed by atoms with Gasteiger partial charge in [0.1, 0.15) is 23.7 Å². The van der Waals surface area contributed by atoms with Gasteiger partial charge in [0.25, 0.3) is 0 Å². The first-order chi connectivity index (χ1) is 17.7. The Morgan fingerprint density at radius 2 is 1.81 bits per heavy atom. The van der Waals surface area contributed by atoms with Crippen LogP contribution in [0.25, 0.3) is 21.9 Å². The van der Waals surface area contributed by atoms with Gasteiger partial charge in [-0.2, -0.15) is 5.09 Å². The molecule has 4 rings (SSSR count). The molecule has 1 amide bonds. The van der Waals surface area contributed by atoms with Crippen molar-refractivity contribution in [1.82, 2.24) is 19.6 Å². The van der Waals surface area contributed by atoms with Gasteiger partial charge in [-0.05, 0) is 39.0 Å². The first-order valence-electron chi connectivity index (χ1n) is 11.9. The van der Waals surface area contributed by atoms with Crippen LogP contribution in [0.2, 0.25) is 0 Å². The summed E-state index contributed by atoms with van der Waals surface area (Å²) in [5.41, 5.74) is 13.7. The Hall–Kier alpha value is -3.50. The van der Waals surface area contributed by atoms with E-state index in [9.17, 15) is 9.36 Å². The number of primary amides is 1. The van der Waals surface area contributed by atoms with E-state index < -0.39 is 25.8 Å². The number of amides is 1. The van der Waals surface area contributed by atoms with Gasteiger partial charge in [0.2, 0.25) is 5.91 Å². The molecule has 196 valence electrons. The molecule has 4 aromatic rings. The largest absolute Gasteiger partial charge is 0.459 e. The van der Waals surface area contributed by atoms with Gasteiger partial charge >= 0.3 is 7.75 Å². The summed E-state index contributed by atoms with van der Waals surface area (Å²) in [4.78, 5) is 20.9. The number of imidazole rings is 1. The maximum atomic E-state index is 13.8. The predicted octanol–water partition coefficient (Wildman–Crippen LogP) is 3.76. The molecule has 0 radical (unpaired) electrons. The number of anilines is 1. The van der Waals surface area contributed by atoms with Crippen LogP contribution in [0.4, 0.5) is 5.82 Å². The number of carbonyl (C=O) groups is 1. The number of carbonyl (C=O) groups excluding carboxylic acids is 1. The topological polar surface area (TPSA) is 157 Å². The van der Waals surface area contributed by atoms with Gasteiger partial charge in [-0.15, -0.1) is 0 Å². The van der Waals surface area contributed by atoms with E-state index in [0.29, 0.717) is 29.5 Å². The van der Waals surface area contributed by atoms with Crippen LogP contribution in [0.1, 0.15) is 26.6 Å². The molecule has 2 aromatic carbocycles. The molecule has 0 aliphatic carbocycles. The van der Waals surface area contributed by atoms with Crippen molar-refractivity contribution in [3.8, 4) is 5.75 Å². The number of rotatable bonds is 12. The van der Waals surface area contributed by atoms with Crippen LogP contribution in [0.15, 0.2) is 54.6 Å². The fourth-order valence-electron chi connectivity index (χ4n) is 3.93. The van der Waals surface area contributed by atoms with Gasteiger partial charge in [-0.25, -0.2) is 14.5 Å². The van der Waals surface area contributed by atoms with E-state index in [4.69, 9.17) is 30.2 Å². The number of fused-ring (bicyclic) bond motifs is 3. The fourth-order valence-corrected chi connectivity index (χ4v) is 5.63. The third-order valence-electron chi connectivity index (χ3n) is 5.63. The van der Waals surface area contributed by atoms with Crippen LogP contribution >= 0.6 is 7.75 Å². The summed E-state index contributed by atoms with van der Waals surface area (Å²) in [6.07, 6.45) is -0.659. The second-order valence-corrected chi connectivity index (χ2v) is 10.2. The molecule has 2 heterocycles. The minimum atomic E-state index is -4.03. The summed E-state index contributed by atoms with van der Waals surface area (Å²) in [6.45, 7) is 6.11. The number of nitrogens with zero attached hydrogens (tertiary/aromatic N) is 3. The highest BCUT2D eigenvalue weighted by Gasteiger charge is 2.33. The average Bonchev–Trinajstić information content (AvgIpc) is 3.21. The summed E-state index contributed by atoms with van der Waals surface area (Å²) in [5.74, 6) is 0.544. The molecule has 0 fully saturated rings. The number of nitrogens with two attached hydrogens (primary N) is 2. The molecule has 0 unspecified atom stereocenters. The second kappa shape index (κ2) is 11.3. The van der Waals surface area contributed by atoms with E-state index in [0.717, 1.165) is 16.4 Å². The van der Waals surface area contributed by atoms with Crippen LogP contribution < -0.4 is 21.1 Å². The Balaban J connectivity index is 1.71. The molecule has 0 saturated heterocycles. The van der Waals surface area contributed by atoms with E-state index in [-0.39, 0.29) is 13.2 Å². The van der Waals surface area contributed by atoms with Crippen molar-refractivity contribution < 1.29 is 23.1 Å². The Morgan fingerprint density at radius 1 is 1.11 bits per heavy atom. The molecule has 0 aliphatic rings.